The first-order valence-corrected chi connectivity index (χ1v) is 10.8. The van der Waals surface area contributed by atoms with Crippen LogP contribution in [0.2, 0.25) is 5.02 Å². The predicted octanol–water partition coefficient (Wildman–Crippen LogP) is 4.77. The molecule has 0 unspecified atom stereocenters. The van der Waals surface area contributed by atoms with E-state index in [-0.39, 0.29) is 5.91 Å². The molecule has 0 bridgehead atoms. The fourth-order valence-electron chi connectivity index (χ4n) is 3.16. The minimum atomic E-state index is -0.291. The second-order valence-corrected chi connectivity index (χ2v) is 7.68. The molecule has 1 N–H and O–H groups in total. The van der Waals surface area contributed by atoms with Crippen molar-refractivity contribution in [3.8, 4) is 22.9 Å². The molecule has 162 valence electrons. The Kier molecular flexibility index (Phi) is 6.36. The van der Waals surface area contributed by atoms with Crippen molar-refractivity contribution in [3.63, 3.8) is 0 Å². The summed E-state index contributed by atoms with van der Waals surface area (Å²) in [6.07, 6.45) is 3.04. The van der Waals surface area contributed by atoms with E-state index < -0.39 is 0 Å². The van der Waals surface area contributed by atoms with E-state index >= 15 is 0 Å². The molecule has 8 nitrogen and oxygen atoms in total. The van der Waals surface area contributed by atoms with Crippen molar-refractivity contribution < 1.29 is 14.3 Å². The molecule has 2 aromatic carbocycles. The molecule has 4 rings (SSSR count). The number of halogens is 1. The number of aromatic nitrogens is 4. The maximum absolute atomic E-state index is 12.8. The minimum Gasteiger partial charge on any atom is -0.490 e. The van der Waals surface area contributed by atoms with Gasteiger partial charge in [0.1, 0.15) is 0 Å². The van der Waals surface area contributed by atoms with Crippen LogP contribution in [0.3, 0.4) is 0 Å². The molecule has 31 heavy (non-hydrogen) atoms. The number of hydrogen-bond donors (Lipinski definition) is 1. The van der Waals surface area contributed by atoms with Gasteiger partial charge in [-0.05, 0) is 73.0 Å². The van der Waals surface area contributed by atoms with Gasteiger partial charge in [-0.15, -0.1) is 5.10 Å². The Morgan fingerprint density at radius 2 is 1.97 bits per heavy atom. The van der Waals surface area contributed by atoms with Gasteiger partial charge in [0.2, 0.25) is 0 Å². The van der Waals surface area contributed by atoms with E-state index in [2.05, 4.69) is 20.8 Å². The molecule has 1 aliphatic rings. The number of nitrogens with one attached hydrogen (secondary N) is 1. The Hall–Kier alpha value is -3.13. The summed E-state index contributed by atoms with van der Waals surface area (Å²) >= 11 is 6.37. The van der Waals surface area contributed by atoms with Crippen molar-refractivity contribution in [2.24, 2.45) is 0 Å². The summed E-state index contributed by atoms with van der Waals surface area (Å²) in [5.41, 5.74) is 1.94. The van der Waals surface area contributed by atoms with Crippen molar-refractivity contribution in [2.75, 3.05) is 18.5 Å². The number of carbonyl (C=O) groups excluding carboxylic acids is 1. The summed E-state index contributed by atoms with van der Waals surface area (Å²) in [6, 6.07) is 11.0. The number of anilines is 1. The first kappa shape index (κ1) is 21.1. The van der Waals surface area contributed by atoms with Crippen LogP contribution in [-0.2, 0) is 0 Å². The highest BCUT2D eigenvalue weighted by molar-refractivity contribution is 6.32. The molecule has 1 amide bonds. The number of nitrogens with zero attached hydrogens (tertiary/aromatic N) is 4. The fraction of sp³-hybridized carbons (Fsp3) is 0.364. The number of ether oxygens (including phenoxy) is 2. The molecule has 1 saturated carbocycles. The van der Waals surface area contributed by atoms with Crippen molar-refractivity contribution in [1.82, 2.24) is 20.2 Å². The van der Waals surface area contributed by atoms with E-state index in [4.69, 9.17) is 21.1 Å². The van der Waals surface area contributed by atoms with Crippen LogP contribution in [-0.4, -0.2) is 39.3 Å². The zero-order chi connectivity index (χ0) is 21.8. The van der Waals surface area contributed by atoms with Gasteiger partial charge in [-0.1, -0.05) is 18.5 Å². The number of rotatable bonds is 9. The number of carbonyl (C=O) groups is 1. The third-order valence-electron chi connectivity index (χ3n) is 4.81. The second kappa shape index (κ2) is 9.34. The molecule has 0 atom stereocenters. The van der Waals surface area contributed by atoms with Crippen molar-refractivity contribution in [3.05, 3.63) is 47.0 Å². The lowest BCUT2D eigenvalue weighted by Crippen LogP contribution is -2.13. The van der Waals surface area contributed by atoms with E-state index in [1.807, 2.05) is 42.8 Å². The van der Waals surface area contributed by atoms with Crippen LogP contribution in [0.15, 0.2) is 36.4 Å². The van der Waals surface area contributed by atoms with Crippen molar-refractivity contribution in [1.29, 1.82) is 0 Å². The van der Waals surface area contributed by atoms with Gasteiger partial charge in [0.15, 0.2) is 17.3 Å². The number of benzene rings is 2. The number of hydrogen-bond acceptors (Lipinski definition) is 6. The lowest BCUT2D eigenvalue weighted by molar-refractivity contribution is 0.102. The van der Waals surface area contributed by atoms with Crippen LogP contribution in [0.5, 0.6) is 11.5 Å². The summed E-state index contributed by atoms with van der Waals surface area (Å²) in [4.78, 5) is 12.8. The highest BCUT2D eigenvalue weighted by Crippen LogP contribution is 2.38. The van der Waals surface area contributed by atoms with Gasteiger partial charge in [0.25, 0.3) is 5.91 Å². The molecule has 1 aliphatic carbocycles. The summed E-state index contributed by atoms with van der Waals surface area (Å²) in [5.74, 6) is 1.35. The predicted molar refractivity (Wildman–Crippen MR) is 118 cm³/mol. The zero-order valence-corrected chi connectivity index (χ0v) is 18.2. The smallest absolute Gasteiger partial charge is 0.255 e. The highest BCUT2D eigenvalue weighted by Gasteiger charge is 2.28. The molecule has 0 saturated heterocycles. The van der Waals surface area contributed by atoms with Gasteiger partial charge in [-0.25, -0.2) is 4.68 Å². The Bertz CT molecular complexity index is 1060. The van der Waals surface area contributed by atoms with Crippen LogP contribution >= 0.6 is 11.6 Å². The van der Waals surface area contributed by atoms with E-state index in [1.165, 1.54) is 0 Å². The molecule has 0 aliphatic heterocycles. The molecule has 0 spiro atoms. The minimum absolute atomic E-state index is 0.291. The van der Waals surface area contributed by atoms with Gasteiger partial charge in [-0.2, -0.15) is 0 Å². The van der Waals surface area contributed by atoms with E-state index in [0.717, 1.165) is 30.7 Å². The lowest BCUT2D eigenvalue weighted by Gasteiger charge is -2.15. The third kappa shape index (κ3) is 4.80. The van der Waals surface area contributed by atoms with E-state index in [1.54, 1.807) is 12.1 Å². The first-order chi connectivity index (χ1) is 15.1. The van der Waals surface area contributed by atoms with Gasteiger partial charge in [0.05, 0.1) is 24.3 Å². The summed E-state index contributed by atoms with van der Waals surface area (Å²) in [7, 11) is 0. The largest absolute Gasteiger partial charge is 0.490 e. The average molecular weight is 442 g/mol. The third-order valence-corrected chi connectivity index (χ3v) is 5.09. The maximum atomic E-state index is 12.8. The lowest BCUT2D eigenvalue weighted by atomic mass is 10.1. The molecule has 0 radical (unpaired) electrons. The zero-order valence-electron chi connectivity index (χ0n) is 17.5. The Labute approximate surface area is 185 Å². The molecule has 1 aromatic heterocycles. The van der Waals surface area contributed by atoms with Crippen LogP contribution in [0.4, 0.5) is 5.69 Å². The monoisotopic (exact) mass is 441 g/mol. The topological polar surface area (TPSA) is 91.2 Å². The standard InChI is InChI=1S/C22H24ClN5O3/c1-3-11-31-20-18(23)12-15(13-19(20)30-4-2)22(29)24-16-7-5-14(6-8-16)21-25-26-27-28(21)17-9-10-17/h5-8,12-13,17H,3-4,9-11H2,1-2H3,(H,24,29). The maximum Gasteiger partial charge on any atom is 0.255 e. The Balaban J connectivity index is 1.50. The second-order valence-electron chi connectivity index (χ2n) is 7.28. The van der Waals surface area contributed by atoms with Crippen LogP contribution < -0.4 is 14.8 Å². The SMILES string of the molecule is CCCOc1c(Cl)cc(C(=O)Nc2ccc(-c3nnnn3C3CC3)cc2)cc1OCC. The molecule has 1 fully saturated rings. The summed E-state index contributed by atoms with van der Waals surface area (Å²) in [6.45, 7) is 4.83. The van der Waals surface area contributed by atoms with Crippen LogP contribution in [0, 0.1) is 0 Å². The van der Waals surface area contributed by atoms with Crippen molar-refractivity contribution in [2.45, 2.75) is 39.2 Å². The van der Waals surface area contributed by atoms with Gasteiger partial charge in [0, 0.05) is 16.8 Å². The van der Waals surface area contributed by atoms with Gasteiger partial charge in [-0.3, -0.25) is 4.79 Å². The number of tetrazole rings is 1. The fourth-order valence-corrected chi connectivity index (χ4v) is 3.43. The molecule has 3 aromatic rings. The van der Waals surface area contributed by atoms with Crippen LogP contribution in [0.25, 0.3) is 11.4 Å². The Morgan fingerprint density at radius 3 is 2.65 bits per heavy atom. The molecular weight excluding hydrogens is 418 g/mol. The van der Waals surface area contributed by atoms with Gasteiger partial charge < -0.3 is 14.8 Å². The number of amides is 1. The van der Waals surface area contributed by atoms with Crippen LogP contribution in [0.1, 0.15) is 49.5 Å². The molecule has 9 heteroatoms. The Morgan fingerprint density at radius 1 is 1.19 bits per heavy atom. The van der Waals surface area contributed by atoms with Gasteiger partial charge >= 0.3 is 0 Å². The van der Waals surface area contributed by atoms with E-state index in [9.17, 15) is 4.79 Å². The first-order valence-electron chi connectivity index (χ1n) is 10.4. The summed E-state index contributed by atoms with van der Waals surface area (Å²) in [5, 5.41) is 15.2. The normalized spacial score (nSPS) is 13.1. The molecular formula is C22H24ClN5O3. The average Bonchev–Trinajstić information content (AvgIpc) is 3.50. The molecule has 1 heterocycles. The van der Waals surface area contributed by atoms with E-state index in [0.29, 0.717) is 47.0 Å². The summed E-state index contributed by atoms with van der Waals surface area (Å²) < 4.78 is 13.2. The quantitative estimate of drug-likeness (QED) is 0.514. The highest BCUT2D eigenvalue weighted by atomic mass is 35.5. The van der Waals surface area contributed by atoms with Crippen molar-refractivity contribution >= 4 is 23.2 Å².